The topological polar surface area (TPSA) is 82.2 Å². The van der Waals surface area contributed by atoms with Crippen molar-refractivity contribution >= 4 is 16.7 Å². The summed E-state index contributed by atoms with van der Waals surface area (Å²) in [4.78, 5) is 28.2. The van der Waals surface area contributed by atoms with Crippen LogP contribution in [0.5, 0.6) is 0 Å². The molecule has 0 aliphatic heterocycles. The van der Waals surface area contributed by atoms with Crippen molar-refractivity contribution in [2.24, 2.45) is 13.0 Å². The van der Waals surface area contributed by atoms with Gasteiger partial charge < -0.3 is 4.57 Å². The van der Waals surface area contributed by atoms with Crippen LogP contribution in [0, 0.1) is 12.8 Å². The van der Waals surface area contributed by atoms with E-state index in [-0.39, 0.29) is 17.0 Å². The summed E-state index contributed by atoms with van der Waals surface area (Å²) in [6.07, 6.45) is 7.09. The molecule has 0 saturated heterocycles. The lowest BCUT2D eigenvalue weighted by Crippen LogP contribution is -2.59. The second-order valence-electron chi connectivity index (χ2n) is 8.00. The van der Waals surface area contributed by atoms with Crippen molar-refractivity contribution in [3.63, 3.8) is 0 Å². The van der Waals surface area contributed by atoms with Gasteiger partial charge in [0.05, 0.1) is 18.8 Å². The molecule has 8 heteroatoms. The van der Waals surface area contributed by atoms with Crippen LogP contribution in [0.15, 0.2) is 41.5 Å². The van der Waals surface area contributed by atoms with Crippen molar-refractivity contribution < 1.29 is 9.63 Å². The number of carbonyl (C=O) groups excluding carboxylic acids is 1. The zero-order chi connectivity index (χ0) is 20.8. The third kappa shape index (κ3) is 3.23. The Kier molecular flexibility index (Phi) is 4.74. The zero-order valence-electron chi connectivity index (χ0n) is 17.1. The summed E-state index contributed by atoms with van der Waals surface area (Å²) in [6, 6.07) is 7.78. The number of hydroxylamine groups is 2. The van der Waals surface area contributed by atoms with E-state index in [9.17, 15) is 9.59 Å². The van der Waals surface area contributed by atoms with E-state index in [0.717, 1.165) is 27.3 Å². The molecule has 0 radical (unpaired) electrons. The van der Waals surface area contributed by atoms with Gasteiger partial charge in [0.2, 0.25) is 0 Å². The molecule has 3 fully saturated rings. The van der Waals surface area contributed by atoms with Crippen LogP contribution < -0.4 is 5.56 Å². The number of aromatic nitrogens is 4. The van der Waals surface area contributed by atoms with E-state index in [1.54, 1.807) is 31.1 Å². The minimum Gasteiger partial charge on any atom is -0.318 e. The van der Waals surface area contributed by atoms with E-state index >= 15 is 0 Å². The first-order chi connectivity index (χ1) is 13.8. The summed E-state index contributed by atoms with van der Waals surface area (Å²) >= 11 is 0. The predicted molar refractivity (Wildman–Crippen MR) is 108 cm³/mol. The maximum atomic E-state index is 11.7. The zero-order valence-corrected chi connectivity index (χ0v) is 17.1. The van der Waals surface area contributed by atoms with Crippen molar-refractivity contribution in [3.8, 4) is 0 Å². The van der Waals surface area contributed by atoms with E-state index < -0.39 is 0 Å². The van der Waals surface area contributed by atoms with Crippen LogP contribution in [0.4, 0.5) is 0 Å². The molecule has 3 aromatic rings. The highest BCUT2D eigenvalue weighted by molar-refractivity contribution is 5.91. The number of hydrogen-bond donors (Lipinski definition) is 0. The van der Waals surface area contributed by atoms with E-state index in [0.29, 0.717) is 5.69 Å². The normalized spacial score (nSPS) is 21.6. The number of nitrogens with zero attached hydrogens (tertiary/aromatic N) is 5. The van der Waals surface area contributed by atoms with Gasteiger partial charge in [-0.3, -0.25) is 14.4 Å². The first kappa shape index (κ1) is 19.3. The fraction of sp³-hybridized carbons (Fsp3) is 0.429. The Labute approximate surface area is 168 Å². The molecule has 0 unspecified atom stereocenters. The van der Waals surface area contributed by atoms with Crippen molar-refractivity contribution in [2.45, 2.75) is 31.7 Å². The molecule has 1 amide bonds. The molecule has 8 nitrogen and oxygen atoms in total. The first-order valence-electron chi connectivity index (χ1n) is 9.64. The van der Waals surface area contributed by atoms with Crippen LogP contribution in [0.3, 0.4) is 0 Å². The van der Waals surface area contributed by atoms with Gasteiger partial charge in [0.1, 0.15) is 0 Å². The third-order valence-electron chi connectivity index (χ3n) is 6.10. The van der Waals surface area contributed by atoms with Crippen LogP contribution in [0.25, 0.3) is 10.8 Å². The molecule has 0 N–H and O–H groups in total. The molecular weight excluding hydrogens is 370 g/mol. The maximum absolute atomic E-state index is 11.7. The van der Waals surface area contributed by atoms with Crippen LogP contribution >= 0.6 is 0 Å². The van der Waals surface area contributed by atoms with E-state index in [1.807, 2.05) is 35.9 Å². The highest BCUT2D eigenvalue weighted by Gasteiger charge is 2.58. The Morgan fingerprint density at radius 1 is 1.24 bits per heavy atom. The molecule has 2 bridgehead atoms. The highest BCUT2D eigenvalue weighted by atomic mass is 16.7. The van der Waals surface area contributed by atoms with Crippen molar-refractivity contribution in [2.75, 3.05) is 14.2 Å². The largest absolute Gasteiger partial charge is 0.318 e. The Bertz CT molecular complexity index is 1120. The molecule has 1 aromatic carbocycles. The van der Waals surface area contributed by atoms with Crippen LogP contribution in [0.1, 0.15) is 35.3 Å². The number of benzene rings is 1. The first-order valence-corrected chi connectivity index (χ1v) is 9.64. The van der Waals surface area contributed by atoms with Gasteiger partial charge >= 0.3 is 0 Å². The molecule has 152 valence electrons. The van der Waals surface area contributed by atoms with E-state index in [4.69, 9.17) is 4.84 Å². The van der Waals surface area contributed by atoms with Gasteiger partial charge in [-0.15, -0.1) is 5.10 Å². The van der Waals surface area contributed by atoms with Crippen LogP contribution in [0.2, 0.25) is 0 Å². The lowest BCUT2D eigenvalue weighted by atomic mass is 9.50. The number of rotatable bonds is 3. The quantitative estimate of drug-likeness (QED) is 0.636. The maximum Gasteiger partial charge on any atom is 0.299 e. The van der Waals surface area contributed by atoms with Crippen LogP contribution in [-0.2, 0) is 17.4 Å². The SMILES string of the molecule is CON(C)C(=O)c1cn(C23CC(C2)C3)nn1.Cc1cccc2c(=O)n(C)ccc12. The van der Waals surface area contributed by atoms with Crippen molar-refractivity contribution in [1.29, 1.82) is 0 Å². The number of amides is 1. The number of carbonyl (C=O) groups is 1. The lowest BCUT2D eigenvalue weighted by molar-refractivity contribution is -0.0989. The Hall–Kier alpha value is -3.00. The van der Waals surface area contributed by atoms with E-state index in [2.05, 4.69) is 10.3 Å². The van der Waals surface area contributed by atoms with E-state index in [1.165, 1.54) is 26.4 Å². The lowest BCUT2D eigenvalue weighted by Gasteiger charge is -2.61. The molecule has 2 heterocycles. The Morgan fingerprint density at radius 2 is 1.97 bits per heavy atom. The van der Waals surface area contributed by atoms with Gasteiger partial charge in [0, 0.05) is 25.7 Å². The van der Waals surface area contributed by atoms with Gasteiger partial charge in [-0.05, 0) is 55.2 Å². The Morgan fingerprint density at radius 3 is 2.59 bits per heavy atom. The second-order valence-corrected chi connectivity index (χ2v) is 8.00. The smallest absolute Gasteiger partial charge is 0.299 e. The molecule has 29 heavy (non-hydrogen) atoms. The fourth-order valence-electron chi connectivity index (χ4n) is 4.08. The minimum atomic E-state index is -0.264. The molecule has 0 spiro atoms. The van der Waals surface area contributed by atoms with Gasteiger partial charge in [0.15, 0.2) is 5.69 Å². The predicted octanol–water partition coefficient (Wildman–Crippen LogP) is 2.27. The summed E-state index contributed by atoms with van der Waals surface area (Å²) in [5.74, 6) is 0.616. The van der Waals surface area contributed by atoms with Gasteiger partial charge in [-0.25, -0.2) is 9.75 Å². The second kappa shape index (κ2) is 7.11. The van der Waals surface area contributed by atoms with Crippen molar-refractivity contribution in [3.05, 3.63) is 58.3 Å². The third-order valence-corrected chi connectivity index (χ3v) is 6.10. The summed E-state index contributed by atoms with van der Waals surface area (Å²) in [6.45, 7) is 2.02. The standard InChI is InChI=1S/C11H11NO.C10H14N4O2/c1-8-4-3-5-10-9(8)6-7-12(2)11(10)13;1-13(16-2)9(15)8-6-14(12-11-8)10-3-7(4-10)5-10/h3-7H,1-2H3;6-7H,3-5H2,1-2H3. The summed E-state index contributed by atoms with van der Waals surface area (Å²) < 4.78 is 3.45. The fourth-order valence-corrected chi connectivity index (χ4v) is 4.08. The number of fused-ring (bicyclic) bond motifs is 1. The number of hydrogen-bond acceptors (Lipinski definition) is 5. The summed E-state index contributed by atoms with van der Waals surface area (Å²) in [5.41, 5.74) is 1.74. The minimum absolute atomic E-state index is 0.0706. The number of aryl methyl sites for hydroxylation is 2. The number of pyridine rings is 1. The summed E-state index contributed by atoms with van der Waals surface area (Å²) in [5, 5.41) is 10.9. The average molecular weight is 395 g/mol. The highest BCUT2D eigenvalue weighted by Crippen LogP contribution is 2.61. The summed E-state index contributed by atoms with van der Waals surface area (Å²) in [7, 11) is 4.77. The molecule has 2 aromatic heterocycles. The average Bonchev–Trinajstić information content (AvgIpc) is 3.11. The molecule has 6 rings (SSSR count). The molecule has 0 atom stereocenters. The van der Waals surface area contributed by atoms with Gasteiger partial charge in [-0.2, -0.15) is 0 Å². The van der Waals surface area contributed by atoms with Crippen LogP contribution in [-0.4, -0.2) is 44.7 Å². The Balaban J connectivity index is 0.000000145. The molecule has 3 aliphatic carbocycles. The van der Waals surface area contributed by atoms with Crippen molar-refractivity contribution in [1.82, 2.24) is 24.6 Å². The molecule has 3 saturated carbocycles. The molecule has 3 aliphatic rings. The van der Waals surface area contributed by atoms with Gasteiger partial charge in [-0.1, -0.05) is 17.3 Å². The molecular formula is C21H25N5O3. The monoisotopic (exact) mass is 395 g/mol. The van der Waals surface area contributed by atoms with Gasteiger partial charge in [0.25, 0.3) is 11.5 Å².